The van der Waals surface area contributed by atoms with Gasteiger partial charge in [-0.15, -0.1) is 12.4 Å². The highest BCUT2D eigenvalue weighted by Crippen LogP contribution is 2.16. The quantitative estimate of drug-likeness (QED) is 0.758. The highest BCUT2D eigenvalue weighted by Gasteiger charge is 2.24. The smallest absolute Gasteiger partial charge is 0.153 e. The van der Waals surface area contributed by atoms with E-state index in [4.69, 9.17) is 0 Å². The molecule has 23 heavy (non-hydrogen) atoms. The van der Waals surface area contributed by atoms with Crippen LogP contribution in [0.25, 0.3) is 5.82 Å². The average molecular weight is 338 g/mol. The highest BCUT2D eigenvalue weighted by atomic mass is 35.5. The second-order valence-electron chi connectivity index (χ2n) is 5.87. The molecule has 126 valence electrons. The van der Waals surface area contributed by atoms with Crippen LogP contribution in [-0.2, 0) is 6.54 Å². The number of β-amino-alcohol motifs (C(OH)–C–C–N with tert-alkyl or cyclic N) is 1. The second-order valence-corrected chi connectivity index (χ2v) is 5.87. The summed E-state index contributed by atoms with van der Waals surface area (Å²) in [4.78, 5) is 4.36. The fraction of sp³-hybridized carbons (Fsp3) is 0.500. The lowest BCUT2D eigenvalue weighted by Crippen LogP contribution is -2.30. The first-order chi connectivity index (χ1) is 10.7. The van der Waals surface area contributed by atoms with Crippen molar-refractivity contribution in [3.8, 4) is 5.82 Å². The molecule has 0 bridgehead atoms. The molecule has 3 heterocycles. The Morgan fingerprint density at radius 1 is 1.35 bits per heavy atom. The summed E-state index contributed by atoms with van der Waals surface area (Å²) in [6.07, 6.45) is 1.53. The molecule has 0 saturated carbocycles. The first kappa shape index (κ1) is 17.9. The molecule has 2 aromatic heterocycles. The largest absolute Gasteiger partial charge is 0.391 e. The van der Waals surface area contributed by atoms with E-state index < -0.39 is 0 Å². The van der Waals surface area contributed by atoms with E-state index in [1.54, 1.807) is 6.20 Å². The minimum Gasteiger partial charge on any atom is -0.391 e. The second kappa shape index (κ2) is 7.88. The number of hydrogen-bond donors (Lipinski definition) is 3. The molecule has 0 radical (unpaired) electrons. The maximum absolute atomic E-state index is 9.82. The van der Waals surface area contributed by atoms with Crippen molar-refractivity contribution in [2.75, 3.05) is 19.6 Å². The number of hydrogen-bond acceptors (Lipinski definition) is 5. The van der Waals surface area contributed by atoms with Crippen LogP contribution in [0.5, 0.6) is 0 Å². The van der Waals surface area contributed by atoms with Crippen LogP contribution in [0.2, 0.25) is 0 Å². The number of nitrogens with one attached hydrogen (secondary N) is 2. The van der Waals surface area contributed by atoms with Crippen molar-refractivity contribution in [1.29, 1.82) is 0 Å². The highest BCUT2D eigenvalue weighted by molar-refractivity contribution is 5.85. The van der Waals surface area contributed by atoms with Crippen molar-refractivity contribution >= 4 is 12.4 Å². The van der Waals surface area contributed by atoms with Gasteiger partial charge in [-0.1, -0.05) is 6.07 Å². The van der Waals surface area contributed by atoms with Gasteiger partial charge in [-0.3, -0.25) is 0 Å². The fourth-order valence-corrected chi connectivity index (χ4v) is 2.94. The summed E-state index contributed by atoms with van der Waals surface area (Å²) in [5, 5.41) is 21.1. The molecular weight excluding hydrogens is 314 g/mol. The van der Waals surface area contributed by atoms with E-state index in [1.807, 2.05) is 29.8 Å². The monoisotopic (exact) mass is 337 g/mol. The van der Waals surface area contributed by atoms with E-state index in [1.165, 1.54) is 5.56 Å². The van der Waals surface area contributed by atoms with Gasteiger partial charge in [0.05, 0.1) is 11.8 Å². The molecule has 6 nitrogen and oxygen atoms in total. The lowest BCUT2D eigenvalue weighted by Gasteiger charge is -2.14. The van der Waals surface area contributed by atoms with Crippen molar-refractivity contribution in [2.24, 2.45) is 5.92 Å². The Labute approximate surface area is 142 Å². The maximum atomic E-state index is 9.82. The normalized spacial score (nSPS) is 20.5. The lowest BCUT2D eigenvalue weighted by atomic mass is 10.1. The van der Waals surface area contributed by atoms with Crippen molar-refractivity contribution in [1.82, 2.24) is 25.4 Å². The van der Waals surface area contributed by atoms with Crippen LogP contribution in [0.3, 0.4) is 0 Å². The van der Waals surface area contributed by atoms with Crippen molar-refractivity contribution in [3.63, 3.8) is 0 Å². The molecule has 1 saturated heterocycles. The molecule has 0 aromatic carbocycles. The minimum atomic E-state index is -0.245. The van der Waals surface area contributed by atoms with E-state index in [0.29, 0.717) is 6.54 Å². The topological polar surface area (TPSA) is 75.0 Å². The van der Waals surface area contributed by atoms with Crippen molar-refractivity contribution in [3.05, 3.63) is 41.3 Å². The number of rotatable bonds is 5. The van der Waals surface area contributed by atoms with Crippen molar-refractivity contribution < 1.29 is 5.11 Å². The molecule has 1 fully saturated rings. The first-order valence-electron chi connectivity index (χ1n) is 7.73. The summed E-state index contributed by atoms with van der Waals surface area (Å²) >= 11 is 0. The summed E-state index contributed by atoms with van der Waals surface area (Å²) in [7, 11) is 0. The van der Waals surface area contributed by atoms with E-state index in [-0.39, 0.29) is 24.4 Å². The van der Waals surface area contributed by atoms with E-state index in [0.717, 1.165) is 36.8 Å². The van der Waals surface area contributed by atoms with Gasteiger partial charge in [0.2, 0.25) is 0 Å². The van der Waals surface area contributed by atoms with Crippen LogP contribution in [0, 0.1) is 19.8 Å². The third kappa shape index (κ3) is 3.90. The molecule has 3 rings (SSSR count). The Kier molecular flexibility index (Phi) is 6.12. The third-order valence-corrected chi connectivity index (χ3v) is 4.32. The number of nitrogens with zero attached hydrogens (tertiary/aromatic N) is 3. The molecule has 3 N–H and O–H groups in total. The zero-order chi connectivity index (χ0) is 15.5. The Morgan fingerprint density at radius 3 is 2.83 bits per heavy atom. The molecule has 1 aliphatic rings. The number of aliphatic hydroxyl groups excluding tert-OH is 1. The van der Waals surface area contributed by atoms with E-state index in [2.05, 4.69) is 27.6 Å². The molecule has 2 atom stereocenters. The Bertz CT molecular complexity index is 631. The van der Waals surface area contributed by atoms with Gasteiger partial charge in [-0.25, -0.2) is 9.67 Å². The number of halogens is 1. The van der Waals surface area contributed by atoms with Crippen LogP contribution >= 0.6 is 12.4 Å². The van der Waals surface area contributed by atoms with E-state index in [9.17, 15) is 5.11 Å². The maximum Gasteiger partial charge on any atom is 0.153 e. The van der Waals surface area contributed by atoms with Gasteiger partial charge in [0.1, 0.15) is 0 Å². The first-order valence-corrected chi connectivity index (χ1v) is 7.73. The number of aliphatic hydroxyl groups is 1. The molecular formula is C16H24ClN5O. The summed E-state index contributed by atoms with van der Waals surface area (Å²) in [5.74, 6) is 1.12. The van der Waals surface area contributed by atoms with Gasteiger partial charge in [0.15, 0.2) is 5.82 Å². The molecule has 0 spiro atoms. The van der Waals surface area contributed by atoms with Crippen LogP contribution < -0.4 is 10.6 Å². The zero-order valence-corrected chi connectivity index (χ0v) is 14.3. The number of pyridine rings is 1. The molecule has 0 amide bonds. The summed E-state index contributed by atoms with van der Waals surface area (Å²) in [6.45, 7) is 7.23. The van der Waals surface area contributed by atoms with Gasteiger partial charge >= 0.3 is 0 Å². The average Bonchev–Trinajstić information content (AvgIpc) is 3.06. The standard InChI is InChI=1S/C16H23N5O.ClH/c1-11-14(9-17-7-13-8-18-10-15(13)22)12(2)21(20-11)16-5-3-4-6-19-16;/h3-6,13,15,17-18,22H,7-10H2,1-2H3;1H. The Hall–Kier alpha value is -1.47. The minimum absolute atomic E-state index is 0. The van der Waals surface area contributed by atoms with Gasteiger partial charge < -0.3 is 15.7 Å². The Balaban J connectivity index is 0.00000192. The molecule has 1 aliphatic heterocycles. The SMILES string of the molecule is Cc1nn(-c2ccccn2)c(C)c1CNCC1CNCC1O.Cl. The van der Waals surface area contributed by atoms with Gasteiger partial charge in [-0.05, 0) is 26.0 Å². The summed E-state index contributed by atoms with van der Waals surface area (Å²) in [6, 6.07) is 5.82. The molecule has 7 heteroatoms. The molecule has 2 aromatic rings. The summed E-state index contributed by atoms with van der Waals surface area (Å²) < 4.78 is 1.89. The zero-order valence-electron chi connectivity index (χ0n) is 13.5. The van der Waals surface area contributed by atoms with E-state index >= 15 is 0 Å². The Morgan fingerprint density at radius 2 is 2.17 bits per heavy atom. The van der Waals surface area contributed by atoms with Crippen LogP contribution in [0.1, 0.15) is 17.0 Å². The number of aryl methyl sites for hydroxylation is 1. The van der Waals surface area contributed by atoms with Gasteiger partial charge in [-0.2, -0.15) is 5.10 Å². The molecule has 0 aliphatic carbocycles. The van der Waals surface area contributed by atoms with Crippen LogP contribution in [0.15, 0.2) is 24.4 Å². The van der Waals surface area contributed by atoms with Crippen LogP contribution in [-0.4, -0.2) is 45.6 Å². The predicted molar refractivity (Wildman–Crippen MR) is 92.2 cm³/mol. The summed E-state index contributed by atoms with van der Waals surface area (Å²) in [5.41, 5.74) is 3.32. The fourth-order valence-electron chi connectivity index (χ4n) is 2.94. The van der Waals surface area contributed by atoms with Gasteiger partial charge in [0.25, 0.3) is 0 Å². The lowest BCUT2D eigenvalue weighted by molar-refractivity contribution is 0.146. The predicted octanol–water partition coefficient (Wildman–Crippen LogP) is 0.976. The number of aromatic nitrogens is 3. The van der Waals surface area contributed by atoms with Crippen molar-refractivity contribution in [2.45, 2.75) is 26.5 Å². The third-order valence-electron chi connectivity index (χ3n) is 4.32. The molecule has 2 unspecified atom stereocenters. The van der Waals surface area contributed by atoms with Crippen LogP contribution in [0.4, 0.5) is 0 Å². The van der Waals surface area contributed by atoms with Gasteiger partial charge in [0, 0.05) is 49.6 Å².